The van der Waals surface area contributed by atoms with Crippen molar-refractivity contribution in [2.24, 2.45) is 0 Å². The van der Waals surface area contributed by atoms with Gasteiger partial charge in [0, 0.05) is 47.5 Å². The predicted molar refractivity (Wildman–Crippen MR) is 185 cm³/mol. The Morgan fingerprint density at radius 3 is 2.47 bits per heavy atom. The van der Waals surface area contributed by atoms with Gasteiger partial charge < -0.3 is 25.6 Å². The summed E-state index contributed by atoms with van der Waals surface area (Å²) in [6.45, 7) is 7.15. The van der Waals surface area contributed by atoms with Crippen LogP contribution < -0.4 is 20.7 Å². The fraction of sp³-hybridized carbons (Fsp3) is 0.500. The van der Waals surface area contributed by atoms with Gasteiger partial charge in [0.05, 0.1) is 14.8 Å². The van der Waals surface area contributed by atoms with Gasteiger partial charge >= 0.3 is 12.1 Å². The first-order chi connectivity index (χ1) is 22.4. The van der Waals surface area contributed by atoms with Crippen molar-refractivity contribution in [3.05, 3.63) is 65.3 Å². The molecule has 0 unspecified atom stereocenters. The van der Waals surface area contributed by atoms with Gasteiger partial charge in [0.25, 0.3) is 0 Å². The van der Waals surface area contributed by atoms with Gasteiger partial charge in [0.2, 0.25) is 10.0 Å². The summed E-state index contributed by atoms with van der Waals surface area (Å²) < 4.78 is 35.6. The van der Waals surface area contributed by atoms with Gasteiger partial charge in [0.15, 0.2) is 0 Å². The second kappa shape index (κ2) is 15.1. The molecule has 1 saturated carbocycles. The number of anilines is 1. The number of sulfonamides is 1. The number of amides is 3. The molecule has 0 bridgehead atoms. The highest BCUT2D eigenvalue weighted by atomic mass is 32.2. The summed E-state index contributed by atoms with van der Waals surface area (Å²) in [6.07, 6.45) is 6.93. The summed E-state index contributed by atoms with van der Waals surface area (Å²) >= 11 is 1.48. The van der Waals surface area contributed by atoms with Crippen LogP contribution in [0.5, 0.6) is 0 Å². The number of nitrogens with one attached hydrogen (secondary N) is 4. The van der Waals surface area contributed by atoms with Gasteiger partial charge in [-0.05, 0) is 90.6 Å². The normalized spacial score (nSPS) is 20.5. The summed E-state index contributed by atoms with van der Waals surface area (Å²) in [7, 11) is -1.89. The highest BCUT2D eigenvalue weighted by Crippen LogP contribution is 2.40. The van der Waals surface area contributed by atoms with Crippen LogP contribution >= 0.6 is 11.3 Å². The maximum absolute atomic E-state index is 13.7. The van der Waals surface area contributed by atoms with Gasteiger partial charge in [0.1, 0.15) is 6.61 Å². The Hall–Kier alpha value is -3.52. The number of benzene rings is 2. The zero-order chi connectivity index (χ0) is 33.6. The molecule has 3 aromatic rings. The monoisotopic (exact) mass is 682 g/mol. The van der Waals surface area contributed by atoms with Crippen molar-refractivity contribution in [3.63, 3.8) is 0 Å². The van der Waals surface area contributed by atoms with Crippen molar-refractivity contribution in [2.75, 3.05) is 25.5 Å². The minimum atomic E-state index is -3.96. The van der Waals surface area contributed by atoms with Crippen LogP contribution in [0.25, 0.3) is 10.4 Å². The lowest BCUT2D eigenvalue weighted by atomic mass is 9.86. The Morgan fingerprint density at radius 1 is 1.04 bits per heavy atom. The van der Waals surface area contributed by atoms with Gasteiger partial charge in [-0.15, -0.1) is 11.3 Å². The topological polar surface area (TPSA) is 142 Å². The van der Waals surface area contributed by atoms with E-state index in [-0.39, 0.29) is 22.9 Å². The number of likely N-dealkylation sites (tertiary alicyclic amines) is 1. The zero-order valence-electron chi connectivity index (χ0n) is 27.5. The van der Waals surface area contributed by atoms with Gasteiger partial charge in [-0.2, -0.15) is 0 Å². The molecule has 2 fully saturated rings. The van der Waals surface area contributed by atoms with E-state index in [9.17, 15) is 18.0 Å². The van der Waals surface area contributed by atoms with E-state index >= 15 is 0 Å². The molecule has 1 aromatic heterocycles. The van der Waals surface area contributed by atoms with Crippen LogP contribution in [0.4, 0.5) is 15.3 Å². The minimum absolute atomic E-state index is 0.0599. The van der Waals surface area contributed by atoms with Crippen LogP contribution in [0.1, 0.15) is 75.8 Å². The average molecular weight is 683 g/mol. The van der Waals surface area contributed by atoms with Crippen LogP contribution in [-0.2, 0) is 21.3 Å². The molecular formula is C34H46N6O5S2. The van der Waals surface area contributed by atoms with E-state index in [1.54, 1.807) is 39.1 Å². The summed E-state index contributed by atoms with van der Waals surface area (Å²) in [5.74, 6) is 0.219. The molecule has 11 nitrogen and oxygen atoms in total. The lowest BCUT2D eigenvalue weighted by Gasteiger charge is -2.28. The fourth-order valence-electron chi connectivity index (χ4n) is 6.09. The summed E-state index contributed by atoms with van der Waals surface area (Å²) in [5, 5.41) is 9.55. The highest BCUT2D eigenvalue weighted by molar-refractivity contribution is 7.89. The standard InChI is InChI=1S/C34H46N6O5S2/c1-34(2,3)39-47(43,44)30-19-26(37-32(41)36-20-23-9-6-5-7-10-23)16-17-28(30)29-21-35-31(46-29)24-12-14-25(15-13-24)38-33(42)45-22-27-11-8-18-40(27)4/h5-7,9-10,16-17,19,21,24-25,27,39H,8,11-15,18,20,22H2,1-4H3,(H,38,42)(H2,36,37,41)/t24-,25-,27-/m1/s1. The number of hydrogen-bond acceptors (Lipinski definition) is 8. The first-order valence-electron chi connectivity index (χ1n) is 16.2. The van der Waals surface area contributed by atoms with Gasteiger partial charge in [-0.25, -0.2) is 27.7 Å². The fourth-order valence-corrected chi connectivity index (χ4v) is 8.95. The number of carbonyl (C=O) groups is 2. The molecule has 1 aliphatic carbocycles. The predicted octanol–water partition coefficient (Wildman–Crippen LogP) is 6.06. The molecule has 1 aliphatic heterocycles. The molecular weight excluding hydrogens is 637 g/mol. The number of nitrogens with zero attached hydrogens (tertiary/aromatic N) is 2. The Morgan fingerprint density at radius 2 is 1.79 bits per heavy atom. The first-order valence-corrected chi connectivity index (χ1v) is 18.5. The highest BCUT2D eigenvalue weighted by Gasteiger charge is 2.29. The molecule has 254 valence electrons. The summed E-state index contributed by atoms with van der Waals surface area (Å²) in [6, 6.07) is 14.4. The Labute approximate surface area is 281 Å². The number of aromatic nitrogens is 1. The SMILES string of the molecule is CN1CCC[C@@H]1COC(=O)N[C@H]1CC[C@H](c2ncc(-c3ccc(NC(=O)NCc4ccccc4)cc3S(=O)(=O)NC(C)(C)C)s2)CC1. The lowest BCUT2D eigenvalue weighted by Crippen LogP contribution is -2.40. The quantitative estimate of drug-likeness (QED) is 0.204. The summed E-state index contributed by atoms with van der Waals surface area (Å²) in [4.78, 5) is 32.8. The molecule has 0 radical (unpaired) electrons. The van der Waals surface area contributed by atoms with E-state index in [4.69, 9.17) is 9.72 Å². The van der Waals surface area contributed by atoms with E-state index in [1.165, 1.54) is 17.4 Å². The van der Waals surface area contributed by atoms with Crippen molar-refractivity contribution in [3.8, 4) is 10.4 Å². The number of hydrogen-bond donors (Lipinski definition) is 4. The third-order valence-corrected chi connectivity index (χ3v) is 11.5. The van der Waals surface area contributed by atoms with E-state index in [0.717, 1.165) is 60.5 Å². The number of carbonyl (C=O) groups excluding carboxylic acids is 2. The van der Waals surface area contributed by atoms with E-state index < -0.39 is 21.6 Å². The molecule has 2 heterocycles. The molecule has 1 atom stereocenters. The van der Waals surface area contributed by atoms with Gasteiger partial charge in [-0.1, -0.05) is 36.4 Å². The van der Waals surface area contributed by atoms with Crippen LogP contribution in [0, 0.1) is 0 Å². The Bertz CT molecular complexity index is 1630. The molecule has 0 spiro atoms. The number of alkyl carbamates (subject to hydrolysis) is 1. The second-order valence-corrected chi connectivity index (χ2v) is 16.2. The van der Waals surface area contributed by atoms with E-state index in [1.807, 2.05) is 30.3 Å². The van der Waals surface area contributed by atoms with Crippen molar-refractivity contribution in [1.29, 1.82) is 0 Å². The molecule has 2 aliphatic rings. The second-order valence-electron chi connectivity index (χ2n) is 13.5. The number of likely N-dealkylation sites (N-methyl/N-ethyl adjacent to an activating group) is 1. The first kappa shape index (κ1) is 34.8. The summed E-state index contributed by atoms with van der Waals surface area (Å²) in [5.41, 5.74) is 1.12. The number of urea groups is 1. The van der Waals surface area contributed by atoms with Crippen molar-refractivity contribution >= 4 is 39.2 Å². The van der Waals surface area contributed by atoms with Crippen LogP contribution in [0.3, 0.4) is 0 Å². The van der Waals surface area contributed by atoms with Crippen LogP contribution in [-0.4, -0.2) is 68.2 Å². The smallest absolute Gasteiger partial charge is 0.407 e. The maximum Gasteiger partial charge on any atom is 0.407 e. The van der Waals surface area contributed by atoms with Crippen molar-refractivity contribution in [2.45, 2.75) is 94.3 Å². The van der Waals surface area contributed by atoms with Crippen LogP contribution in [0.15, 0.2) is 59.6 Å². The molecule has 2 aromatic carbocycles. The number of rotatable bonds is 10. The van der Waals surface area contributed by atoms with Crippen molar-refractivity contribution in [1.82, 2.24) is 25.2 Å². The Kier molecular flexibility index (Phi) is 11.2. The Balaban J connectivity index is 1.24. The van der Waals surface area contributed by atoms with Crippen LogP contribution in [0.2, 0.25) is 0 Å². The molecule has 3 amide bonds. The molecule has 13 heteroatoms. The van der Waals surface area contributed by atoms with E-state index in [0.29, 0.717) is 30.4 Å². The zero-order valence-corrected chi connectivity index (χ0v) is 29.2. The molecule has 1 saturated heterocycles. The van der Waals surface area contributed by atoms with E-state index in [2.05, 4.69) is 32.6 Å². The number of ether oxygens (including phenoxy) is 1. The number of thiazole rings is 1. The minimum Gasteiger partial charge on any atom is -0.448 e. The lowest BCUT2D eigenvalue weighted by molar-refractivity contribution is 0.110. The average Bonchev–Trinajstić information content (AvgIpc) is 3.68. The van der Waals surface area contributed by atoms with Crippen molar-refractivity contribution < 1.29 is 22.7 Å². The molecule has 47 heavy (non-hydrogen) atoms. The van der Waals surface area contributed by atoms with Gasteiger partial charge in [-0.3, -0.25) is 0 Å². The maximum atomic E-state index is 13.7. The largest absolute Gasteiger partial charge is 0.448 e. The third kappa shape index (κ3) is 9.75. The molecule has 5 rings (SSSR count). The third-order valence-electron chi connectivity index (χ3n) is 8.53. The molecule has 4 N–H and O–H groups in total.